The second-order valence-corrected chi connectivity index (χ2v) is 6.52. The summed E-state index contributed by atoms with van der Waals surface area (Å²) in [5.41, 5.74) is 8.97. The molecule has 6 nitrogen and oxygen atoms in total. The van der Waals surface area contributed by atoms with Crippen LogP contribution in [0.3, 0.4) is 0 Å². The number of benzene rings is 2. The average molecular weight is 362 g/mol. The molecule has 0 spiro atoms. The first kappa shape index (κ1) is 17.6. The van der Waals surface area contributed by atoms with Crippen molar-refractivity contribution in [1.82, 2.24) is 5.32 Å². The molecular formula is C18H22N2O4S. The second kappa shape index (κ2) is 7.33. The van der Waals surface area contributed by atoms with Gasteiger partial charge in [-0.05, 0) is 23.8 Å². The van der Waals surface area contributed by atoms with E-state index in [-0.39, 0.29) is 6.04 Å². The maximum Gasteiger partial charge on any atom is 0.162 e. The molecule has 0 amide bonds. The SMILES string of the molecule is COc1cc(N)c(C2NCSc3cc(OC)c(OC)cc32)cc1OC. The van der Waals surface area contributed by atoms with Crippen LogP contribution in [0.15, 0.2) is 29.2 Å². The van der Waals surface area contributed by atoms with Crippen molar-refractivity contribution in [3.8, 4) is 23.0 Å². The second-order valence-electron chi connectivity index (χ2n) is 5.51. The molecule has 0 bridgehead atoms. The average Bonchev–Trinajstić information content (AvgIpc) is 2.66. The molecule has 3 rings (SSSR count). The molecule has 7 heteroatoms. The Morgan fingerprint density at radius 2 is 1.36 bits per heavy atom. The largest absolute Gasteiger partial charge is 0.493 e. The van der Waals surface area contributed by atoms with Crippen LogP contribution in [0.5, 0.6) is 23.0 Å². The highest BCUT2D eigenvalue weighted by Crippen LogP contribution is 2.45. The summed E-state index contributed by atoms with van der Waals surface area (Å²) in [6.45, 7) is 0. The summed E-state index contributed by atoms with van der Waals surface area (Å²) in [6.07, 6.45) is 0. The zero-order valence-corrected chi connectivity index (χ0v) is 15.5. The smallest absolute Gasteiger partial charge is 0.162 e. The quantitative estimate of drug-likeness (QED) is 0.792. The summed E-state index contributed by atoms with van der Waals surface area (Å²) in [5.74, 6) is 3.43. The van der Waals surface area contributed by atoms with Gasteiger partial charge in [-0.1, -0.05) is 0 Å². The molecule has 0 radical (unpaired) electrons. The van der Waals surface area contributed by atoms with Crippen molar-refractivity contribution >= 4 is 17.4 Å². The summed E-state index contributed by atoms with van der Waals surface area (Å²) < 4.78 is 21.6. The van der Waals surface area contributed by atoms with Gasteiger partial charge >= 0.3 is 0 Å². The zero-order valence-electron chi connectivity index (χ0n) is 14.7. The molecule has 25 heavy (non-hydrogen) atoms. The van der Waals surface area contributed by atoms with Crippen molar-refractivity contribution in [2.45, 2.75) is 10.9 Å². The van der Waals surface area contributed by atoms with Gasteiger partial charge in [-0.2, -0.15) is 0 Å². The Labute approximate surface area is 151 Å². The summed E-state index contributed by atoms with van der Waals surface area (Å²) >= 11 is 1.72. The number of thioether (sulfide) groups is 1. The van der Waals surface area contributed by atoms with E-state index in [1.54, 1.807) is 46.3 Å². The molecule has 1 unspecified atom stereocenters. The maximum absolute atomic E-state index is 6.30. The lowest BCUT2D eigenvalue weighted by Gasteiger charge is -2.29. The molecule has 134 valence electrons. The van der Waals surface area contributed by atoms with E-state index in [0.29, 0.717) is 22.9 Å². The topological polar surface area (TPSA) is 75.0 Å². The Balaban J connectivity index is 2.12. The minimum absolute atomic E-state index is 0.0733. The highest BCUT2D eigenvalue weighted by atomic mass is 32.2. The van der Waals surface area contributed by atoms with Crippen molar-refractivity contribution < 1.29 is 18.9 Å². The number of ether oxygens (including phenoxy) is 4. The van der Waals surface area contributed by atoms with Crippen molar-refractivity contribution in [3.63, 3.8) is 0 Å². The minimum Gasteiger partial charge on any atom is -0.493 e. The first-order chi connectivity index (χ1) is 12.1. The van der Waals surface area contributed by atoms with Crippen LogP contribution in [0.1, 0.15) is 17.2 Å². The van der Waals surface area contributed by atoms with Crippen molar-refractivity contribution in [1.29, 1.82) is 0 Å². The van der Waals surface area contributed by atoms with Crippen LogP contribution in [0.4, 0.5) is 5.69 Å². The standard InChI is InChI=1S/C18H22N2O4S/c1-21-13-5-10(12(19)7-15(13)23-3)18-11-6-14(22-2)16(24-4)8-17(11)25-9-20-18/h5-8,18,20H,9,19H2,1-4H3. The van der Waals surface area contributed by atoms with Gasteiger partial charge in [-0.25, -0.2) is 0 Å². The van der Waals surface area contributed by atoms with E-state index < -0.39 is 0 Å². The lowest BCUT2D eigenvalue weighted by molar-refractivity contribution is 0.352. The van der Waals surface area contributed by atoms with Crippen LogP contribution in [0.25, 0.3) is 0 Å². The molecule has 0 saturated carbocycles. The molecule has 0 fully saturated rings. The maximum atomic E-state index is 6.30. The van der Waals surface area contributed by atoms with Gasteiger partial charge in [0.2, 0.25) is 0 Å². The van der Waals surface area contributed by atoms with E-state index >= 15 is 0 Å². The number of anilines is 1. The molecule has 0 saturated heterocycles. The van der Waals surface area contributed by atoms with Gasteiger partial charge in [0.1, 0.15) is 0 Å². The van der Waals surface area contributed by atoms with Crippen LogP contribution in [-0.4, -0.2) is 34.3 Å². The van der Waals surface area contributed by atoms with Crippen molar-refractivity contribution in [2.24, 2.45) is 0 Å². The van der Waals surface area contributed by atoms with Crippen molar-refractivity contribution in [3.05, 3.63) is 35.4 Å². The fraction of sp³-hybridized carbons (Fsp3) is 0.333. The van der Waals surface area contributed by atoms with Crippen LogP contribution in [0.2, 0.25) is 0 Å². The van der Waals surface area contributed by atoms with E-state index in [0.717, 1.165) is 27.6 Å². The molecule has 1 aliphatic heterocycles. The summed E-state index contributed by atoms with van der Waals surface area (Å²) in [6, 6.07) is 7.63. The van der Waals surface area contributed by atoms with Crippen LogP contribution in [0, 0.1) is 0 Å². The van der Waals surface area contributed by atoms with Crippen molar-refractivity contribution in [2.75, 3.05) is 40.0 Å². The Bertz CT molecular complexity index is 782. The minimum atomic E-state index is -0.0733. The van der Waals surface area contributed by atoms with E-state index in [1.807, 2.05) is 18.2 Å². The summed E-state index contributed by atoms with van der Waals surface area (Å²) in [7, 11) is 6.48. The number of fused-ring (bicyclic) bond motifs is 1. The third-order valence-electron chi connectivity index (χ3n) is 4.24. The van der Waals surface area contributed by atoms with E-state index in [9.17, 15) is 0 Å². The van der Waals surface area contributed by atoms with Gasteiger partial charge in [-0.15, -0.1) is 11.8 Å². The van der Waals surface area contributed by atoms with Gasteiger partial charge in [0, 0.05) is 28.1 Å². The Kier molecular flexibility index (Phi) is 5.15. The van der Waals surface area contributed by atoms with Gasteiger partial charge < -0.3 is 24.7 Å². The molecule has 1 aliphatic rings. The normalized spacial score (nSPS) is 16.1. The van der Waals surface area contributed by atoms with E-state index in [1.165, 1.54) is 0 Å². The molecular weight excluding hydrogens is 340 g/mol. The molecule has 3 N–H and O–H groups in total. The predicted octanol–water partition coefficient (Wildman–Crippen LogP) is 3.05. The number of rotatable bonds is 5. The van der Waals surface area contributed by atoms with Gasteiger partial charge in [0.05, 0.1) is 34.5 Å². The molecule has 0 aromatic heterocycles. The Morgan fingerprint density at radius 3 is 1.96 bits per heavy atom. The van der Waals surface area contributed by atoms with Gasteiger partial charge in [-0.3, -0.25) is 5.32 Å². The van der Waals surface area contributed by atoms with E-state index in [2.05, 4.69) is 5.32 Å². The van der Waals surface area contributed by atoms with Gasteiger partial charge in [0.15, 0.2) is 23.0 Å². The fourth-order valence-electron chi connectivity index (χ4n) is 2.98. The van der Waals surface area contributed by atoms with Crippen LogP contribution >= 0.6 is 11.8 Å². The van der Waals surface area contributed by atoms with Gasteiger partial charge in [0.25, 0.3) is 0 Å². The van der Waals surface area contributed by atoms with Crippen LogP contribution < -0.4 is 30.0 Å². The molecule has 2 aromatic rings. The predicted molar refractivity (Wildman–Crippen MR) is 99.2 cm³/mol. The Hall–Kier alpha value is -2.25. The zero-order chi connectivity index (χ0) is 18.0. The first-order valence-electron chi connectivity index (χ1n) is 7.76. The van der Waals surface area contributed by atoms with Crippen LogP contribution in [-0.2, 0) is 0 Å². The first-order valence-corrected chi connectivity index (χ1v) is 8.75. The summed E-state index contributed by atoms with van der Waals surface area (Å²) in [4.78, 5) is 1.13. The summed E-state index contributed by atoms with van der Waals surface area (Å²) in [5, 5.41) is 3.50. The number of nitrogens with two attached hydrogens (primary N) is 1. The molecule has 1 atom stereocenters. The third-order valence-corrected chi connectivity index (χ3v) is 5.22. The lowest BCUT2D eigenvalue weighted by Crippen LogP contribution is -2.27. The molecule has 2 aromatic carbocycles. The van der Waals surface area contributed by atoms with E-state index in [4.69, 9.17) is 24.7 Å². The number of nitrogen functional groups attached to an aromatic ring is 1. The fourth-order valence-corrected chi connectivity index (χ4v) is 3.92. The number of methoxy groups -OCH3 is 4. The molecule has 1 heterocycles. The Morgan fingerprint density at radius 1 is 0.840 bits per heavy atom. The number of nitrogens with one attached hydrogen (secondary N) is 1. The highest BCUT2D eigenvalue weighted by Gasteiger charge is 2.27. The number of hydrogen-bond donors (Lipinski definition) is 2. The third kappa shape index (κ3) is 3.17. The monoisotopic (exact) mass is 362 g/mol. The lowest BCUT2D eigenvalue weighted by atomic mass is 9.96. The molecule has 0 aliphatic carbocycles. The number of hydrogen-bond acceptors (Lipinski definition) is 7. The highest BCUT2D eigenvalue weighted by molar-refractivity contribution is 7.99.